The van der Waals surface area contributed by atoms with Gasteiger partial charge in [0.05, 0.1) is 37.1 Å². The fourth-order valence-corrected chi connectivity index (χ4v) is 2.20. The molecule has 2 aromatic carbocycles. The van der Waals surface area contributed by atoms with Crippen LogP contribution in [0.15, 0.2) is 41.5 Å². The van der Waals surface area contributed by atoms with E-state index in [2.05, 4.69) is 10.5 Å². The van der Waals surface area contributed by atoms with Crippen molar-refractivity contribution in [3.05, 3.63) is 52.1 Å². The summed E-state index contributed by atoms with van der Waals surface area (Å²) in [6.45, 7) is 4.32. The summed E-state index contributed by atoms with van der Waals surface area (Å²) < 4.78 is 16.0. The first-order valence-corrected chi connectivity index (χ1v) is 8.10. The number of benzene rings is 2. The monoisotopic (exact) mass is 359 g/mol. The SMILES string of the molecule is CCOc1cc(OCC)c([N+](=O)[O-])cc1/C=N/Nc1ccc(OC)cc1. The van der Waals surface area contributed by atoms with Gasteiger partial charge in [-0.1, -0.05) is 0 Å². The zero-order valence-corrected chi connectivity index (χ0v) is 14.9. The average Bonchev–Trinajstić information content (AvgIpc) is 2.64. The molecule has 2 aromatic rings. The number of nitro groups is 1. The highest BCUT2D eigenvalue weighted by molar-refractivity contribution is 5.86. The number of nitro benzene ring substituents is 1. The first-order chi connectivity index (χ1) is 12.6. The Morgan fingerprint density at radius 3 is 2.35 bits per heavy atom. The molecule has 0 bridgehead atoms. The molecule has 0 aliphatic heterocycles. The number of hydrazone groups is 1. The maximum atomic E-state index is 11.3. The van der Waals surface area contributed by atoms with Crippen LogP contribution in [-0.2, 0) is 0 Å². The highest BCUT2D eigenvalue weighted by atomic mass is 16.6. The van der Waals surface area contributed by atoms with E-state index < -0.39 is 4.92 Å². The maximum absolute atomic E-state index is 11.3. The summed E-state index contributed by atoms with van der Waals surface area (Å²) >= 11 is 0. The lowest BCUT2D eigenvalue weighted by Crippen LogP contribution is -2.03. The molecule has 26 heavy (non-hydrogen) atoms. The molecule has 0 spiro atoms. The van der Waals surface area contributed by atoms with Gasteiger partial charge in [0, 0.05) is 17.7 Å². The van der Waals surface area contributed by atoms with Crippen LogP contribution in [0, 0.1) is 10.1 Å². The summed E-state index contributed by atoms with van der Waals surface area (Å²) in [5.74, 6) is 1.36. The molecule has 138 valence electrons. The summed E-state index contributed by atoms with van der Waals surface area (Å²) in [5.41, 5.74) is 3.95. The number of ether oxygens (including phenoxy) is 3. The van der Waals surface area contributed by atoms with E-state index in [0.717, 1.165) is 11.4 Å². The van der Waals surface area contributed by atoms with Crippen LogP contribution in [0.3, 0.4) is 0 Å². The van der Waals surface area contributed by atoms with Gasteiger partial charge in [0.2, 0.25) is 5.75 Å². The van der Waals surface area contributed by atoms with Crippen molar-refractivity contribution >= 4 is 17.6 Å². The Morgan fingerprint density at radius 2 is 1.77 bits per heavy atom. The molecule has 0 unspecified atom stereocenters. The van der Waals surface area contributed by atoms with E-state index in [1.54, 1.807) is 38.3 Å². The van der Waals surface area contributed by atoms with Crippen LogP contribution in [0.25, 0.3) is 0 Å². The molecule has 0 aromatic heterocycles. The standard InChI is InChI=1S/C18H21N3O5/c1-4-25-17-11-18(26-5-2)16(21(22)23)10-13(17)12-19-20-14-6-8-15(24-3)9-7-14/h6-12,20H,4-5H2,1-3H3/b19-12+. The van der Waals surface area contributed by atoms with E-state index in [0.29, 0.717) is 24.5 Å². The zero-order valence-electron chi connectivity index (χ0n) is 14.9. The second kappa shape index (κ2) is 9.26. The fraction of sp³-hybridized carbons (Fsp3) is 0.278. The molecule has 2 rings (SSSR count). The normalized spacial score (nSPS) is 10.6. The van der Waals surface area contributed by atoms with Gasteiger partial charge in [-0.05, 0) is 38.1 Å². The van der Waals surface area contributed by atoms with Crippen LogP contribution in [0.5, 0.6) is 17.2 Å². The van der Waals surface area contributed by atoms with Crippen LogP contribution in [0.1, 0.15) is 19.4 Å². The zero-order chi connectivity index (χ0) is 18.9. The van der Waals surface area contributed by atoms with Crippen LogP contribution in [-0.4, -0.2) is 31.5 Å². The lowest BCUT2D eigenvalue weighted by molar-refractivity contribution is -0.385. The van der Waals surface area contributed by atoms with Gasteiger partial charge in [-0.25, -0.2) is 0 Å². The second-order valence-corrected chi connectivity index (χ2v) is 5.08. The fourth-order valence-electron chi connectivity index (χ4n) is 2.20. The van der Waals surface area contributed by atoms with E-state index in [4.69, 9.17) is 14.2 Å². The number of hydrogen-bond acceptors (Lipinski definition) is 7. The summed E-state index contributed by atoms with van der Waals surface area (Å²) in [6.07, 6.45) is 1.47. The summed E-state index contributed by atoms with van der Waals surface area (Å²) in [5, 5.41) is 15.4. The largest absolute Gasteiger partial charge is 0.497 e. The number of anilines is 1. The minimum atomic E-state index is -0.491. The van der Waals surface area contributed by atoms with Crippen LogP contribution in [0.2, 0.25) is 0 Å². The Hall–Kier alpha value is -3.29. The molecule has 0 fully saturated rings. The first-order valence-electron chi connectivity index (χ1n) is 8.10. The van der Waals surface area contributed by atoms with Crippen molar-refractivity contribution in [2.45, 2.75) is 13.8 Å². The quantitative estimate of drug-likeness (QED) is 0.415. The van der Waals surface area contributed by atoms with Gasteiger partial charge in [-0.2, -0.15) is 5.10 Å². The Bertz CT molecular complexity index is 775. The van der Waals surface area contributed by atoms with Crippen molar-refractivity contribution in [1.29, 1.82) is 0 Å². The van der Waals surface area contributed by atoms with Crippen molar-refractivity contribution < 1.29 is 19.1 Å². The van der Waals surface area contributed by atoms with Gasteiger partial charge >= 0.3 is 5.69 Å². The predicted octanol–water partition coefficient (Wildman–Crippen LogP) is 3.85. The molecule has 8 nitrogen and oxygen atoms in total. The molecule has 0 heterocycles. The van der Waals surface area contributed by atoms with E-state index in [1.165, 1.54) is 18.3 Å². The number of hydrogen-bond donors (Lipinski definition) is 1. The van der Waals surface area contributed by atoms with Gasteiger partial charge in [-0.3, -0.25) is 15.5 Å². The lowest BCUT2D eigenvalue weighted by atomic mass is 10.1. The number of nitrogens with one attached hydrogen (secondary N) is 1. The number of rotatable bonds is 9. The molecule has 8 heteroatoms. The Labute approximate surface area is 151 Å². The van der Waals surface area contributed by atoms with Crippen molar-refractivity contribution in [3.8, 4) is 17.2 Å². The molecular weight excluding hydrogens is 338 g/mol. The third-order valence-corrected chi connectivity index (χ3v) is 3.38. The van der Waals surface area contributed by atoms with Gasteiger partial charge in [-0.15, -0.1) is 0 Å². The molecule has 0 aliphatic rings. The summed E-state index contributed by atoms with van der Waals surface area (Å²) in [7, 11) is 1.59. The van der Waals surface area contributed by atoms with Gasteiger partial charge in [0.1, 0.15) is 11.5 Å². The highest BCUT2D eigenvalue weighted by Crippen LogP contribution is 2.34. The third kappa shape index (κ3) is 4.85. The predicted molar refractivity (Wildman–Crippen MR) is 99.6 cm³/mol. The molecule has 0 saturated heterocycles. The number of nitrogens with zero attached hydrogens (tertiary/aromatic N) is 2. The Balaban J connectivity index is 2.27. The highest BCUT2D eigenvalue weighted by Gasteiger charge is 2.19. The molecule has 0 atom stereocenters. The first kappa shape index (κ1) is 19.0. The van der Waals surface area contributed by atoms with Gasteiger partial charge in [0.15, 0.2) is 0 Å². The van der Waals surface area contributed by atoms with Crippen molar-refractivity contribution in [2.75, 3.05) is 25.7 Å². The molecule has 0 amide bonds. The Kier molecular flexibility index (Phi) is 6.78. The molecule has 1 N–H and O–H groups in total. The molecular formula is C18H21N3O5. The van der Waals surface area contributed by atoms with E-state index >= 15 is 0 Å². The van der Waals surface area contributed by atoms with Crippen molar-refractivity contribution in [3.63, 3.8) is 0 Å². The van der Waals surface area contributed by atoms with Crippen LogP contribution >= 0.6 is 0 Å². The van der Waals surface area contributed by atoms with Gasteiger partial charge < -0.3 is 14.2 Å². The van der Waals surface area contributed by atoms with Crippen molar-refractivity contribution in [1.82, 2.24) is 0 Å². The minimum absolute atomic E-state index is 0.138. The molecule has 0 aliphatic carbocycles. The van der Waals surface area contributed by atoms with Crippen molar-refractivity contribution in [2.24, 2.45) is 5.10 Å². The molecule has 0 radical (unpaired) electrons. The van der Waals surface area contributed by atoms with E-state index in [1.807, 2.05) is 6.92 Å². The smallest absolute Gasteiger partial charge is 0.311 e. The topological polar surface area (TPSA) is 95.2 Å². The van der Waals surface area contributed by atoms with E-state index in [-0.39, 0.29) is 11.4 Å². The maximum Gasteiger partial charge on any atom is 0.311 e. The van der Waals surface area contributed by atoms with Gasteiger partial charge in [0.25, 0.3) is 0 Å². The summed E-state index contributed by atoms with van der Waals surface area (Å²) in [6, 6.07) is 10.1. The third-order valence-electron chi connectivity index (χ3n) is 3.38. The number of methoxy groups -OCH3 is 1. The summed E-state index contributed by atoms with van der Waals surface area (Å²) in [4.78, 5) is 10.8. The Morgan fingerprint density at radius 1 is 1.12 bits per heavy atom. The second-order valence-electron chi connectivity index (χ2n) is 5.08. The van der Waals surface area contributed by atoms with Crippen LogP contribution < -0.4 is 19.6 Å². The molecule has 0 saturated carbocycles. The lowest BCUT2D eigenvalue weighted by Gasteiger charge is -2.11. The minimum Gasteiger partial charge on any atom is -0.497 e. The van der Waals surface area contributed by atoms with E-state index in [9.17, 15) is 10.1 Å². The average molecular weight is 359 g/mol. The van der Waals surface area contributed by atoms with Crippen LogP contribution in [0.4, 0.5) is 11.4 Å².